The lowest BCUT2D eigenvalue weighted by atomic mass is 10.2. The molecule has 0 saturated heterocycles. The average Bonchev–Trinajstić information content (AvgIpc) is 2.17. The maximum absolute atomic E-state index is 11.1. The van der Waals surface area contributed by atoms with Gasteiger partial charge >= 0.3 is 5.97 Å². The van der Waals surface area contributed by atoms with Gasteiger partial charge in [0.2, 0.25) is 0 Å². The quantitative estimate of drug-likeness (QED) is 0.358. The molecule has 0 aliphatic rings. The molecule has 0 heterocycles. The summed E-state index contributed by atoms with van der Waals surface area (Å²) in [6.07, 6.45) is 0.667. The number of hydrogen-bond acceptors (Lipinski definition) is 3. The van der Waals surface area contributed by atoms with Crippen molar-refractivity contribution >= 4 is 47.1 Å². The summed E-state index contributed by atoms with van der Waals surface area (Å²) in [6, 6.07) is 5.82. The summed E-state index contributed by atoms with van der Waals surface area (Å²) in [7, 11) is 0. The maximum Gasteiger partial charge on any atom is 0.363 e. The minimum Gasteiger partial charge on any atom is -0.423 e. The highest BCUT2D eigenvalue weighted by Gasteiger charge is 2.33. The van der Waals surface area contributed by atoms with Crippen LogP contribution in [0.25, 0.3) is 0 Å². The zero-order valence-corrected chi connectivity index (χ0v) is 9.51. The van der Waals surface area contributed by atoms with E-state index in [1.54, 1.807) is 0 Å². The number of benzene rings is 1. The maximum atomic E-state index is 11.1. The Kier molecular flexibility index (Phi) is 3.97. The number of hydrogen-bond donors (Lipinski definition) is 0. The molecule has 15 heavy (non-hydrogen) atoms. The molecule has 1 rings (SSSR count). The topological polar surface area (TPSA) is 43.4 Å². The molecule has 0 N–H and O–H groups in total. The predicted octanol–water partition coefficient (Wildman–Crippen LogP) is 2.77. The second kappa shape index (κ2) is 4.84. The number of rotatable bonds is 2. The number of carbonyl (C=O) groups is 2. The second-order valence-electron chi connectivity index (χ2n) is 2.57. The molecule has 0 amide bonds. The lowest BCUT2D eigenvalue weighted by molar-refractivity contribution is -0.133. The number of esters is 1. The smallest absolute Gasteiger partial charge is 0.363 e. The summed E-state index contributed by atoms with van der Waals surface area (Å²) in [5.74, 6) is -0.789. The fourth-order valence-electron chi connectivity index (χ4n) is 0.779. The van der Waals surface area contributed by atoms with Gasteiger partial charge in [0.15, 0.2) is 0 Å². The van der Waals surface area contributed by atoms with Gasteiger partial charge in [-0.25, -0.2) is 4.79 Å². The Morgan fingerprint density at radius 3 is 2.13 bits per heavy atom. The number of halogens is 3. The van der Waals surface area contributed by atoms with Crippen LogP contribution in [0, 0.1) is 0 Å². The van der Waals surface area contributed by atoms with Gasteiger partial charge in [-0.3, -0.25) is 4.79 Å². The highest BCUT2D eigenvalue weighted by molar-refractivity contribution is 6.75. The zero-order chi connectivity index (χ0) is 11.5. The van der Waals surface area contributed by atoms with Gasteiger partial charge in [0.1, 0.15) is 12.0 Å². The molecule has 0 unspecified atom stereocenters. The van der Waals surface area contributed by atoms with E-state index in [0.717, 1.165) is 0 Å². The zero-order valence-electron chi connectivity index (χ0n) is 7.25. The Hall–Kier alpha value is -0.770. The lowest BCUT2D eigenvalue weighted by Gasteiger charge is -2.09. The third-order valence-electron chi connectivity index (χ3n) is 1.46. The molecule has 0 spiro atoms. The molecule has 0 aliphatic carbocycles. The third kappa shape index (κ3) is 3.70. The molecular formula is C9H5Cl3O3. The first-order valence-corrected chi connectivity index (χ1v) is 4.91. The molecule has 0 saturated carbocycles. The normalized spacial score (nSPS) is 10.9. The van der Waals surface area contributed by atoms with Crippen LogP contribution in [0.1, 0.15) is 10.4 Å². The number of carbonyl (C=O) groups excluding carboxylic acids is 2. The van der Waals surface area contributed by atoms with Crippen molar-refractivity contribution in [3.63, 3.8) is 0 Å². The minimum atomic E-state index is -2.11. The largest absolute Gasteiger partial charge is 0.423 e. The predicted molar refractivity (Wildman–Crippen MR) is 57.8 cm³/mol. The fraction of sp³-hybridized carbons (Fsp3) is 0.111. The van der Waals surface area contributed by atoms with Gasteiger partial charge in [-0.05, 0) is 24.3 Å². The van der Waals surface area contributed by atoms with E-state index in [2.05, 4.69) is 0 Å². The second-order valence-corrected chi connectivity index (χ2v) is 4.86. The molecule has 0 bridgehead atoms. The highest BCUT2D eigenvalue weighted by atomic mass is 35.6. The van der Waals surface area contributed by atoms with Crippen LogP contribution < -0.4 is 4.74 Å². The molecule has 0 fully saturated rings. The molecule has 1 aromatic rings. The SMILES string of the molecule is O=Cc1ccc(OC(=O)C(Cl)(Cl)Cl)cc1. The Balaban J connectivity index is 2.74. The van der Waals surface area contributed by atoms with Crippen LogP contribution in [0.5, 0.6) is 5.75 Å². The van der Waals surface area contributed by atoms with Crippen molar-refractivity contribution in [1.82, 2.24) is 0 Å². The first kappa shape index (κ1) is 12.3. The standard InChI is InChI=1S/C9H5Cl3O3/c10-9(11,12)8(14)15-7-3-1-6(5-13)2-4-7/h1-5H. The van der Waals surface area contributed by atoms with Crippen molar-refractivity contribution in [2.45, 2.75) is 3.79 Å². The Labute approximate surface area is 101 Å². The minimum absolute atomic E-state index is 0.205. The summed E-state index contributed by atoms with van der Waals surface area (Å²) in [5, 5.41) is 0. The molecule has 0 radical (unpaired) electrons. The molecule has 0 aromatic heterocycles. The van der Waals surface area contributed by atoms with E-state index < -0.39 is 9.76 Å². The number of alkyl halides is 3. The fourth-order valence-corrected chi connectivity index (χ4v) is 0.895. The van der Waals surface area contributed by atoms with Crippen molar-refractivity contribution in [1.29, 1.82) is 0 Å². The molecule has 0 atom stereocenters. The van der Waals surface area contributed by atoms with Gasteiger partial charge in [0.05, 0.1) is 0 Å². The summed E-state index contributed by atoms with van der Waals surface area (Å²) in [5.41, 5.74) is 0.462. The van der Waals surface area contributed by atoms with Crippen LogP contribution in [0.3, 0.4) is 0 Å². The Morgan fingerprint density at radius 1 is 1.20 bits per heavy atom. The Bertz CT molecular complexity index is 367. The van der Waals surface area contributed by atoms with Gasteiger partial charge in [0, 0.05) is 5.56 Å². The lowest BCUT2D eigenvalue weighted by Crippen LogP contribution is -2.24. The van der Waals surface area contributed by atoms with Crippen molar-refractivity contribution in [2.75, 3.05) is 0 Å². The van der Waals surface area contributed by atoms with E-state index in [-0.39, 0.29) is 5.75 Å². The van der Waals surface area contributed by atoms with Crippen molar-refractivity contribution < 1.29 is 14.3 Å². The summed E-state index contributed by atoms with van der Waals surface area (Å²) < 4.78 is 2.62. The number of ether oxygens (including phenoxy) is 1. The molecule has 80 valence electrons. The highest BCUT2D eigenvalue weighted by Crippen LogP contribution is 2.28. The van der Waals surface area contributed by atoms with Gasteiger partial charge in [-0.15, -0.1) is 0 Å². The van der Waals surface area contributed by atoms with Crippen molar-refractivity contribution in [3.8, 4) is 5.75 Å². The van der Waals surface area contributed by atoms with Gasteiger partial charge in [-0.2, -0.15) is 0 Å². The van der Waals surface area contributed by atoms with Crippen molar-refractivity contribution in [2.24, 2.45) is 0 Å². The van der Waals surface area contributed by atoms with E-state index in [0.29, 0.717) is 11.8 Å². The average molecular weight is 267 g/mol. The first-order valence-electron chi connectivity index (χ1n) is 3.78. The van der Waals surface area contributed by atoms with E-state index in [9.17, 15) is 9.59 Å². The number of aldehydes is 1. The summed E-state index contributed by atoms with van der Waals surface area (Å²) in [6.45, 7) is 0. The van der Waals surface area contributed by atoms with E-state index in [4.69, 9.17) is 39.5 Å². The van der Waals surface area contributed by atoms with Gasteiger partial charge < -0.3 is 4.74 Å². The van der Waals surface area contributed by atoms with Crippen molar-refractivity contribution in [3.05, 3.63) is 29.8 Å². The van der Waals surface area contributed by atoms with E-state index in [1.165, 1.54) is 24.3 Å². The van der Waals surface area contributed by atoms with Crippen LogP contribution in [-0.2, 0) is 4.79 Å². The van der Waals surface area contributed by atoms with E-state index >= 15 is 0 Å². The summed E-state index contributed by atoms with van der Waals surface area (Å²) in [4.78, 5) is 21.4. The molecule has 6 heteroatoms. The van der Waals surface area contributed by atoms with Crippen LogP contribution in [-0.4, -0.2) is 16.0 Å². The molecule has 0 aliphatic heterocycles. The first-order chi connectivity index (χ1) is 6.93. The van der Waals surface area contributed by atoms with Crippen LogP contribution in [0.15, 0.2) is 24.3 Å². The van der Waals surface area contributed by atoms with Crippen LogP contribution in [0.2, 0.25) is 0 Å². The molecular weight excluding hydrogens is 262 g/mol. The Morgan fingerprint density at radius 2 is 1.73 bits per heavy atom. The van der Waals surface area contributed by atoms with E-state index in [1.807, 2.05) is 0 Å². The monoisotopic (exact) mass is 266 g/mol. The third-order valence-corrected chi connectivity index (χ3v) is 1.92. The van der Waals surface area contributed by atoms with Crippen LogP contribution in [0.4, 0.5) is 0 Å². The molecule has 3 nitrogen and oxygen atoms in total. The van der Waals surface area contributed by atoms with Gasteiger partial charge in [-0.1, -0.05) is 34.8 Å². The van der Waals surface area contributed by atoms with Gasteiger partial charge in [0.25, 0.3) is 3.79 Å². The van der Waals surface area contributed by atoms with Crippen LogP contribution >= 0.6 is 34.8 Å². The molecule has 1 aromatic carbocycles. The summed E-state index contributed by atoms with van der Waals surface area (Å²) >= 11 is 15.9.